The number of aromatic nitrogens is 4. The quantitative estimate of drug-likeness (QED) is 0.224. The molecule has 5 aromatic rings. The second kappa shape index (κ2) is 8.39. The summed E-state index contributed by atoms with van der Waals surface area (Å²) in [5.74, 6) is 0. The Labute approximate surface area is 195 Å². The van der Waals surface area contributed by atoms with E-state index in [2.05, 4.69) is 20.6 Å². The summed E-state index contributed by atoms with van der Waals surface area (Å²) >= 11 is 15.0. The molecule has 0 saturated heterocycles. The molecule has 0 unspecified atom stereocenters. The highest BCUT2D eigenvalue weighted by Crippen LogP contribution is 2.28. The molecule has 0 aliphatic heterocycles. The minimum Gasteiger partial charge on any atom is -0.253 e. The second-order valence-corrected chi connectivity index (χ2v) is 9.47. The molecule has 5 rings (SSSR count). The molecule has 2 aromatic carbocycles. The summed E-state index contributed by atoms with van der Waals surface area (Å²) < 4.78 is 1.80. The number of hydrazone groups is 1. The first kappa shape index (κ1) is 20.1. The van der Waals surface area contributed by atoms with Gasteiger partial charge in [-0.1, -0.05) is 58.8 Å². The van der Waals surface area contributed by atoms with E-state index in [0.717, 1.165) is 38.2 Å². The Morgan fingerprint density at radius 2 is 1.65 bits per heavy atom. The molecule has 0 atom stereocenters. The van der Waals surface area contributed by atoms with Crippen molar-refractivity contribution < 1.29 is 0 Å². The second-order valence-electron chi connectivity index (χ2n) is 6.58. The van der Waals surface area contributed by atoms with Gasteiger partial charge < -0.3 is 0 Å². The first-order valence-electron chi connectivity index (χ1n) is 9.19. The minimum absolute atomic E-state index is 0.677. The molecule has 0 fully saturated rings. The van der Waals surface area contributed by atoms with Crippen LogP contribution in [0.3, 0.4) is 0 Å². The van der Waals surface area contributed by atoms with Gasteiger partial charge in [0.05, 0.1) is 11.9 Å². The number of hydrogen-bond donors (Lipinski definition) is 1. The maximum absolute atomic E-state index is 6.04. The summed E-state index contributed by atoms with van der Waals surface area (Å²) in [6, 6.07) is 15.1. The lowest BCUT2D eigenvalue weighted by Crippen LogP contribution is -1.97. The molecule has 0 bridgehead atoms. The number of anilines is 1. The number of hydrogen-bond acceptors (Lipinski definition) is 7. The molecule has 0 aliphatic rings. The summed E-state index contributed by atoms with van der Waals surface area (Å²) in [5.41, 5.74) is 7.39. The van der Waals surface area contributed by atoms with Crippen LogP contribution in [-0.4, -0.2) is 25.8 Å². The van der Waals surface area contributed by atoms with Gasteiger partial charge in [-0.25, -0.2) is 14.5 Å². The van der Waals surface area contributed by atoms with E-state index in [9.17, 15) is 0 Å². The Morgan fingerprint density at radius 3 is 2.35 bits per heavy atom. The predicted molar refractivity (Wildman–Crippen MR) is 130 cm³/mol. The summed E-state index contributed by atoms with van der Waals surface area (Å²) in [6.45, 7) is 1.95. The number of rotatable bonds is 5. The van der Waals surface area contributed by atoms with Gasteiger partial charge in [-0.2, -0.15) is 10.2 Å². The van der Waals surface area contributed by atoms with Crippen LogP contribution in [0.25, 0.3) is 27.5 Å². The smallest absolute Gasteiger partial charge is 0.213 e. The fourth-order valence-corrected chi connectivity index (χ4v) is 4.69. The number of imidazole rings is 1. The number of nitrogens with zero attached hydrogens (tertiary/aromatic N) is 5. The van der Waals surface area contributed by atoms with E-state index in [0.29, 0.717) is 15.2 Å². The third-order valence-corrected chi connectivity index (χ3v) is 6.52. The fourth-order valence-electron chi connectivity index (χ4n) is 3.02. The van der Waals surface area contributed by atoms with Gasteiger partial charge in [0.1, 0.15) is 16.4 Å². The van der Waals surface area contributed by atoms with Crippen molar-refractivity contribution in [2.75, 3.05) is 5.43 Å². The average molecular weight is 485 g/mol. The monoisotopic (exact) mass is 484 g/mol. The Morgan fingerprint density at radius 1 is 0.968 bits per heavy atom. The zero-order chi connectivity index (χ0) is 21.4. The Kier molecular flexibility index (Phi) is 5.45. The molecule has 0 amide bonds. The number of halogens is 2. The molecule has 154 valence electrons. The lowest BCUT2D eigenvalue weighted by Gasteiger charge is -2.00. The van der Waals surface area contributed by atoms with Crippen LogP contribution in [0.1, 0.15) is 10.7 Å². The molecule has 0 spiro atoms. The molecule has 3 heterocycles. The van der Waals surface area contributed by atoms with Crippen LogP contribution < -0.4 is 5.43 Å². The summed E-state index contributed by atoms with van der Waals surface area (Å²) in [6.07, 6.45) is 1.71. The van der Waals surface area contributed by atoms with E-state index in [1.807, 2.05) is 60.8 Å². The first-order valence-corrected chi connectivity index (χ1v) is 11.6. The van der Waals surface area contributed by atoms with E-state index in [-0.39, 0.29) is 0 Å². The van der Waals surface area contributed by atoms with Crippen LogP contribution in [-0.2, 0) is 0 Å². The molecular formula is C21H14Cl2N6S2. The van der Waals surface area contributed by atoms with E-state index >= 15 is 0 Å². The Balaban J connectivity index is 1.43. The highest BCUT2D eigenvalue weighted by molar-refractivity contribution is 7.16. The van der Waals surface area contributed by atoms with Crippen LogP contribution in [0.15, 0.2) is 59.0 Å². The molecule has 0 aliphatic carbocycles. The largest absolute Gasteiger partial charge is 0.253 e. The van der Waals surface area contributed by atoms with Crippen molar-refractivity contribution in [3.8, 4) is 22.5 Å². The minimum atomic E-state index is 0.677. The van der Waals surface area contributed by atoms with Gasteiger partial charge in [-0.15, -0.1) is 11.3 Å². The maximum Gasteiger partial charge on any atom is 0.213 e. The molecule has 0 saturated carbocycles. The topological polar surface area (TPSA) is 67.5 Å². The van der Waals surface area contributed by atoms with Gasteiger partial charge in [-0.05, 0) is 31.2 Å². The predicted octanol–water partition coefficient (Wildman–Crippen LogP) is 6.64. The van der Waals surface area contributed by atoms with Gasteiger partial charge in [0.15, 0.2) is 0 Å². The highest BCUT2D eigenvalue weighted by Gasteiger charge is 2.16. The Hall–Kier alpha value is -2.78. The number of aryl methyl sites for hydroxylation is 1. The van der Waals surface area contributed by atoms with Crippen molar-refractivity contribution in [3.63, 3.8) is 0 Å². The van der Waals surface area contributed by atoms with E-state index in [1.165, 1.54) is 22.7 Å². The van der Waals surface area contributed by atoms with Crippen LogP contribution in [0, 0.1) is 6.92 Å². The number of benzene rings is 2. The lowest BCUT2D eigenvalue weighted by molar-refractivity contribution is 0.938. The van der Waals surface area contributed by atoms with Crippen molar-refractivity contribution in [2.45, 2.75) is 6.92 Å². The normalized spacial score (nSPS) is 11.6. The zero-order valence-electron chi connectivity index (χ0n) is 16.1. The molecule has 0 radical (unpaired) electrons. The van der Waals surface area contributed by atoms with E-state index in [1.54, 1.807) is 10.7 Å². The van der Waals surface area contributed by atoms with Crippen LogP contribution in [0.4, 0.5) is 5.13 Å². The van der Waals surface area contributed by atoms with Gasteiger partial charge in [0.2, 0.25) is 10.1 Å². The number of thiazole rings is 1. The molecule has 31 heavy (non-hydrogen) atoms. The molecule has 3 aromatic heterocycles. The fraction of sp³-hybridized carbons (Fsp3) is 0.0476. The molecule has 10 heteroatoms. The summed E-state index contributed by atoms with van der Waals surface area (Å²) in [4.78, 5) is 10.1. The summed E-state index contributed by atoms with van der Waals surface area (Å²) in [7, 11) is 0. The standard InChI is InChI=1S/C21H14Cl2N6S2/c1-12-28-29-18(19(26-21(29)31-12)14-4-8-16(23)9-5-14)10-24-27-20-25-17(11-30-20)13-2-6-15(22)7-3-13/h2-11H,1H3,(H,25,27)/b24-10+. The van der Waals surface area contributed by atoms with Crippen LogP contribution in [0.2, 0.25) is 10.0 Å². The van der Waals surface area contributed by atoms with E-state index < -0.39 is 0 Å². The first-order chi connectivity index (χ1) is 15.1. The maximum atomic E-state index is 6.04. The third-order valence-electron chi connectivity index (χ3n) is 4.45. The highest BCUT2D eigenvalue weighted by atomic mass is 35.5. The molecule has 1 N–H and O–H groups in total. The third kappa shape index (κ3) is 4.20. The van der Waals surface area contributed by atoms with Crippen LogP contribution >= 0.6 is 45.9 Å². The average Bonchev–Trinajstić information content (AvgIpc) is 3.45. The van der Waals surface area contributed by atoms with E-state index in [4.69, 9.17) is 28.2 Å². The number of fused-ring (bicyclic) bond motifs is 1. The zero-order valence-corrected chi connectivity index (χ0v) is 19.2. The van der Waals surface area contributed by atoms with Crippen molar-refractivity contribution in [1.82, 2.24) is 19.6 Å². The van der Waals surface area contributed by atoms with Crippen molar-refractivity contribution in [2.24, 2.45) is 5.10 Å². The van der Waals surface area contributed by atoms with Crippen molar-refractivity contribution >= 4 is 62.2 Å². The molecule has 6 nitrogen and oxygen atoms in total. The van der Waals surface area contributed by atoms with Crippen molar-refractivity contribution in [1.29, 1.82) is 0 Å². The van der Waals surface area contributed by atoms with Gasteiger partial charge >= 0.3 is 0 Å². The lowest BCUT2D eigenvalue weighted by atomic mass is 10.1. The van der Waals surface area contributed by atoms with Gasteiger partial charge in [0, 0.05) is 26.6 Å². The van der Waals surface area contributed by atoms with Crippen molar-refractivity contribution in [3.05, 3.63) is 74.7 Å². The van der Waals surface area contributed by atoms with Crippen LogP contribution in [0.5, 0.6) is 0 Å². The number of nitrogens with one attached hydrogen (secondary N) is 1. The SMILES string of the molecule is Cc1nn2c(/C=N/Nc3nc(-c4ccc(Cl)cc4)cs3)c(-c3ccc(Cl)cc3)nc2s1. The molecular weight excluding hydrogens is 471 g/mol. The van der Waals surface area contributed by atoms with Gasteiger partial charge in [-0.3, -0.25) is 5.43 Å². The Bertz CT molecular complexity index is 1380. The van der Waals surface area contributed by atoms with Gasteiger partial charge in [0.25, 0.3) is 0 Å². The summed E-state index contributed by atoms with van der Waals surface area (Å²) in [5, 5.41) is 13.9.